The number of rotatable bonds is 28. The first-order valence-electron chi connectivity index (χ1n) is 23.5. The van der Waals surface area contributed by atoms with Gasteiger partial charge in [-0.1, -0.05) is 12.1 Å². The molecule has 6 rings (SSSR count). The number of ether oxygens (including phenoxy) is 12. The Morgan fingerprint density at radius 3 is 1.20 bits per heavy atom. The average Bonchev–Trinajstić information content (AvgIpc) is 3.40. The van der Waals surface area contributed by atoms with E-state index in [0.717, 1.165) is 33.4 Å². The second kappa shape index (κ2) is 26.3. The van der Waals surface area contributed by atoms with Crippen LogP contribution in [0.5, 0.6) is 46.0 Å². The van der Waals surface area contributed by atoms with Crippen LogP contribution in [0.15, 0.2) is 60.7 Å². The number of benzene rings is 4. The van der Waals surface area contributed by atoms with Crippen LogP contribution in [0.1, 0.15) is 64.7 Å². The molecule has 18 nitrogen and oxygen atoms in total. The maximum absolute atomic E-state index is 13.5. The van der Waals surface area contributed by atoms with Crippen molar-refractivity contribution in [3.05, 3.63) is 94.0 Å². The van der Waals surface area contributed by atoms with Crippen LogP contribution >= 0.6 is 0 Å². The maximum Gasteiger partial charge on any atom is 0.348 e. The van der Waals surface area contributed by atoms with E-state index in [-0.39, 0.29) is 51.3 Å². The van der Waals surface area contributed by atoms with Crippen LogP contribution in [0, 0.1) is 0 Å². The molecule has 0 saturated heterocycles. The molecule has 0 amide bonds. The van der Waals surface area contributed by atoms with Crippen molar-refractivity contribution in [2.75, 3.05) is 96.3 Å². The summed E-state index contributed by atoms with van der Waals surface area (Å²) in [7, 11) is 12.7. The lowest BCUT2D eigenvalue weighted by atomic mass is 9.87. The number of carbonyl (C=O) groups is 4. The molecular weight excluding hydrogens is 921 g/mol. The number of hydrogen-bond donors (Lipinski definition) is 0. The third kappa shape index (κ3) is 13.3. The maximum atomic E-state index is 13.5. The van der Waals surface area contributed by atoms with Gasteiger partial charge in [-0.25, -0.2) is 9.59 Å². The molecule has 71 heavy (non-hydrogen) atoms. The molecular formula is C53H66N2O16. The first-order valence-corrected chi connectivity index (χ1v) is 23.5. The lowest BCUT2D eigenvalue weighted by Gasteiger charge is -2.39. The van der Waals surface area contributed by atoms with E-state index in [4.69, 9.17) is 56.8 Å². The Hall–Kier alpha value is -6.92. The quantitative estimate of drug-likeness (QED) is 0.0276. The standard InChI is InChI=1S/C53H66N2O16/c1-60-42-14-12-34(24-44(42)62-3)22-40-38-28-48(66-7)46(64-5)26-36(38)16-18-54(40)30-50(70-32-56)52(58)68-20-10-9-11-21-69-53(59)51(71-33-57)31-55-19-17-37-27-47(65-6)49(67-8)29-39(37)41(55)23-35-13-15-43(61-2)45(25-35)63-4/h12-15,24-29,32-33,40-41,50-51H,9-11,16-23,30-31H2,1-8H3. The van der Waals surface area contributed by atoms with E-state index in [1.54, 1.807) is 56.9 Å². The Bertz CT molecular complexity index is 2260. The lowest BCUT2D eigenvalue weighted by molar-refractivity contribution is -0.163. The number of unbranched alkanes of at least 4 members (excludes halogenated alkanes) is 2. The van der Waals surface area contributed by atoms with Crippen molar-refractivity contribution >= 4 is 24.9 Å². The third-order valence-corrected chi connectivity index (χ3v) is 13.0. The fraction of sp³-hybridized carbons (Fsp3) is 0.472. The Morgan fingerprint density at radius 1 is 0.493 bits per heavy atom. The van der Waals surface area contributed by atoms with Crippen molar-refractivity contribution in [3.63, 3.8) is 0 Å². The summed E-state index contributed by atoms with van der Waals surface area (Å²) in [5, 5.41) is 0. The fourth-order valence-electron chi connectivity index (χ4n) is 9.36. The summed E-state index contributed by atoms with van der Waals surface area (Å²) in [5.74, 6) is 3.38. The molecule has 0 aromatic heterocycles. The molecule has 2 heterocycles. The van der Waals surface area contributed by atoms with Crippen molar-refractivity contribution in [1.82, 2.24) is 9.80 Å². The molecule has 0 radical (unpaired) electrons. The summed E-state index contributed by atoms with van der Waals surface area (Å²) >= 11 is 0. The molecule has 0 saturated carbocycles. The van der Waals surface area contributed by atoms with Gasteiger partial charge in [-0.2, -0.15) is 0 Å². The summed E-state index contributed by atoms with van der Waals surface area (Å²) in [5.41, 5.74) is 6.04. The van der Waals surface area contributed by atoms with Gasteiger partial charge in [0.15, 0.2) is 46.0 Å². The Balaban J connectivity index is 1.04. The topological polar surface area (TPSA) is 186 Å². The average molecular weight is 987 g/mol. The van der Waals surface area contributed by atoms with E-state index >= 15 is 0 Å². The van der Waals surface area contributed by atoms with Crippen molar-refractivity contribution in [2.24, 2.45) is 0 Å². The van der Waals surface area contributed by atoms with Gasteiger partial charge in [-0.05, 0) is 127 Å². The van der Waals surface area contributed by atoms with Gasteiger partial charge >= 0.3 is 11.9 Å². The van der Waals surface area contributed by atoms with Gasteiger partial charge in [0.2, 0.25) is 12.2 Å². The number of hydrogen-bond acceptors (Lipinski definition) is 18. The molecule has 4 aromatic rings. The van der Waals surface area contributed by atoms with Crippen LogP contribution in [0.2, 0.25) is 0 Å². The van der Waals surface area contributed by atoms with Crippen molar-refractivity contribution in [2.45, 2.75) is 69.2 Å². The molecule has 0 aliphatic carbocycles. The second-order valence-electron chi connectivity index (χ2n) is 17.0. The zero-order valence-electron chi connectivity index (χ0n) is 41.9. The van der Waals surface area contributed by atoms with E-state index in [0.29, 0.717) is 104 Å². The van der Waals surface area contributed by atoms with Crippen molar-refractivity contribution in [3.8, 4) is 46.0 Å². The van der Waals surface area contributed by atoms with E-state index in [9.17, 15) is 19.2 Å². The van der Waals surface area contributed by atoms with Gasteiger partial charge < -0.3 is 56.8 Å². The van der Waals surface area contributed by atoms with Gasteiger partial charge in [0.1, 0.15) is 0 Å². The zero-order valence-corrected chi connectivity index (χ0v) is 41.9. The van der Waals surface area contributed by atoms with Crippen molar-refractivity contribution < 1.29 is 76.0 Å². The number of esters is 2. The number of nitrogens with zero attached hydrogens (tertiary/aromatic N) is 2. The number of carbonyl (C=O) groups excluding carboxylic acids is 4. The molecule has 4 unspecified atom stereocenters. The molecule has 384 valence electrons. The minimum Gasteiger partial charge on any atom is -0.493 e. The highest BCUT2D eigenvalue weighted by Crippen LogP contribution is 2.42. The Kier molecular flexibility index (Phi) is 19.8. The number of fused-ring (bicyclic) bond motifs is 2. The van der Waals surface area contributed by atoms with Crippen LogP contribution in [0.3, 0.4) is 0 Å². The first kappa shape index (κ1) is 53.4. The Labute approximate surface area is 415 Å². The zero-order chi connectivity index (χ0) is 50.9. The summed E-state index contributed by atoms with van der Waals surface area (Å²) in [4.78, 5) is 54.7. The summed E-state index contributed by atoms with van der Waals surface area (Å²) in [6.07, 6.45) is 1.39. The monoisotopic (exact) mass is 986 g/mol. The molecule has 2 aliphatic rings. The highest BCUT2D eigenvalue weighted by molar-refractivity contribution is 5.77. The molecule has 0 fully saturated rings. The van der Waals surface area contributed by atoms with Gasteiger partial charge in [0.25, 0.3) is 12.9 Å². The van der Waals surface area contributed by atoms with Crippen LogP contribution in [0.4, 0.5) is 0 Å². The third-order valence-electron chi connectivity index (χ3n) is 13.0. The van der Waals surface area contributed by atoms with E-state index in [1.165, 1.54) is 0 Å². The Morgan fingerprint density at radius 2 is 0.845 bits per heavy atom. The summed E-state index contributed by atoms with van der Waals surface area (Å²) in [6.45, 7) is 1.88. The molecule has 2 aliphatic heterocycles. The second-order valence-corrected chi connectivity index (χ2v) is 17.0. The van der Waals surface area contributed by atoms with Gasteiger partial charge in [-0.3, -0.25) is 19.4 Å². The smallest absolute Gasteiger partial charge is 0.348 e. The summed E-state index contributed by atoms with van der Waals surface area (Å²) < 4.78 is 66.6. The molecule has 0 N–H and O–H groups in total. The van der Waals surface area contributed by atoms with E-state index in [2.05, 4.69) is 9.80 Å². The van der Waals surface area contributed by atoms with E-state index in [1.807, 2.05) is 60.7 Å². The molecule has 18 heteroatoms. The van der Waals surface area contributed by atoms with Crippen LogP contribution < -0.4 is 37.9 Å². The molecule has 4 atom stereocenters. The van der Waals surface area contributed by atoms with Gasteiger partial charge in [0.05, 0.1) is 70.1 Å². The highest BCUT2D eigenvalue weighted by Gasteiger charge is 2.36. The first-order chi connectivity index (χ1) is 34.6. The van der Waals surface area contributed by atoms with Gasteiger partial charge in [0, 0.05) is 38.3 Å². The van der Waals surface area contributed by atoms with Gasteiger partial charge in [-0.15, -0.1) is 0 Å². The summed E-state index contributed by atoms with van der Waals surface area (Å²) in [6, 6.07) is 18.8. The van der Waals surface area contributed by atoms with Crippen LogP contribution in [-0.4, -0.2) is 143 Å². The minimum absolute atomic E-state index is 0.0474. The fourth-order valence-corrected chi connectivity index (χ4v) is 9.36. The number of methoxy groups -OCH3 is 8. The van der Waals surface area contributed by atoms with E-state index < -0.39 is 24.1 Å². The predicted octanol–water partition coefficient (Wildman–Crippen LogP) is 6.08. The predicted molar refractivity (Wildman–Crippen MR) is 259 cm³/mol. The molecule has 4 aromatic carbocycles. The highest BCUT2D eigenvalue weighted by atomic mass is 16.6. The lowest BCUT2D eigenvalue weighted by Crippen LogP contribution is -2.45. The largest absolute Gasteiger partial charge is 0.493 e. The van der Waals surface area contributed by atoms with Crippen LogP contribution in [-0.2, 0) is 63.8 Å². The van der Waals surface area contributed by atoms with Crippen LogP contribution in [0.25, 0.3) is 0 Å². The normalized spacial score (nSPS) is 16.2. The molecule has 0 spiro atoms. The molecule has 0 bridgehead atoms. The SMILES string of the molecule is COc1ccc(CC2c3cc(OC)c(OC)cc3CCN2CC(OC=O)C(=O)OCCCCCOC(=O)C(CN2CCc3cc(OC)c(OC)cc3C2Cc2ccc(OC)c(OC)c2)OC=O)cc1OC. The van der Waals surface area contributed by atoms with Crippen molar-refractivity contribution in [1.29, 1.82) is 0 Å². The minimum atomic E-state index is -1.20.